The Labute approximate surface area is 179 Å². The van der Waals surface area contributed by atoms with Gasteiger partial charge in [0.2, 0.25) is 5.82 Å². The van der Waals surface area contributed by atoms with Gasteiger partial charge in [-0.3, -0.25) is 5.10 Å². The summed E-state index contributed by atoms with van der Waals surface area (Å²) in [6.07, 6.45) is 1.04. The van der Waals surface area contributed by atoms with Crippen molar-refractivity contribution in [2.45, 2.75) is 6.92 Å². The normalized spacial score (nSPS) is 11.1. The summed E-state index contributed by atoms with van der Waals surface area (Å²) in [7, 11) is 0. The Morgan fingerprint density at radius 1 is 0.969 bits per heavy atom. The third-order valence-electron chi connectivity index (χ3n) is 4.78. The van der Waals surface area contributed by atoms with Crippen molar-refractivity contribution < 1.29 is 17.9 Å². The molecule has 5 rings (SSSR count). The van der Waals surface area contributed by atoms with Gasteiger partial charge in [-0.05, 0) is 18.6 Å². The molecule has 0 spiro atoms. The van der Waals surface area contributed by atoms with Crippen molar-refractivity contribution in [3.8, 4) is 22.9 Å². The summed E-state index contributed by atoms with van der Waals surface area (Å²) in [6, 6.07) is 13.4. The van der Waals surface area contributed by atoms with E-state index >= 15 is 0 Å². The molecular weight excluding hydrogens is 421 g/mol. The van der Waals surface area contributed by atoms with E-state index in [1.54, 1.807) is 13.0 Å². The number of nitrogens with one attached hydrogen (secondary N) is 3. The van der Waals surface area contributed by atoms with Crippen LogP contribution >= 0.6 is 0 Å². The number of ether oxygens (including phenoxy) is 1. The van der Waals surface area contributed by atoms with Crippen LogP contribution in [0, 0.1) is 24.4 Å². The zero-order valence-electron chi connectivity index (χ0n) is 16.6. The predicted octanol–water partition coefficient (Wildman–Crippen LogP) is 5.61. The zero-order chi connectivity index (χ0) is 22.2. The van der Waals surface area contributed by atoms with E-state index in [1.807, 2.05) is 30.3 Å². The van der Waals surface area contributed by atoms with Crippen molar-refractivity contribution in [1.82, 2.24) is 25.1 Å². The third kappa shape index (κ3) is 3.51. The molecule has 0 atom stereocenters. The maximum Gasteiger partial charge on any atom is 0.261 e. The number of hydrogen-bond acceptors (Lipinski definition) is 5. The lowest BCUT2D eigenvalue weighted by molar-refractivity contribution is 0.397. The minimum atomic E-state index is -0.984. The number of aryl methyl sites for hydroxylation is 1. The van der Waals surface area contributed by atoms with Gasteiger partial charge in [0.25, 0.3) is 5.88 Å². The van der Waals surface area contributed by atoms with E-state index in [0.717, 1.165) is 18.0 Å². The van der Waals surface area contributed by atoms with Crippen LogP contribution in [0.2, 0.25) is 0 Å². The molecule has 0 aliphatic rings. The highest BCUT2D eigenvalue weighted by atomic mass is 19.1. The Kier molecular flexibility index (Phi) is 4.74. The molecule has 7 nitrogen and oxygen atoms in total. The predicted molar refractivity (Wildman–Crippen MR) is 112 cm³/mol. The van der Waals surface area contributed by atoms with Crippen LogP contribution in [0.25, 0.3) is 22.2 Å². The van der Waals surface area contributed by atoms with Crippen LogP contribution in [0.3, 0.4) is 0 Å². The second kappa shape index (κ2) is 7.73. The number of benzene rings is 2. The van der Waals surface area contributed by atoms with Gasteiger partial charge in [0.15, 0.2) is 29.0 Å². The van der Waals surface area contributed by atoms with Gasteiger partial charge in [0.1, 0.15) is 6.33 Å². The molecule has 0 saturated heterocycles. The van der Waals surface area contributed by atoms with E-state index < -0.39 is 29.1 Å². The van der Waals surface area contributed by atoms with E-state index in [4.69, 9.17) is 4.74 Å². The molecule has 0 aliphatic carbocycles. The molecule has 0 amide bonds. The molecule has 160 valence electrons. The number of H-pyrrole nitrogens is 2. The van der Waals surface area contributed by atoms with Gasteiger partial charge in [-0.1, -0.05) is 30.3 Å². The topological polar surface area (TPSA) is 91.5 Å². The first-order chi connectivity index (χ1) is 15.5. The molecule has 0 fully saturated rings. The largest absolute Gasteiger partial charge is 0.433 e. The van der Waals surface area contributed by atoms with E-state index in [9.17, 15) is 13.2 Å². The molecule has 0 aliphatic heterocycles. The van der Waals surface area contributed by atoms with Crippen LogP contribution in [0.5, 0.6) is 11.6 Å². The standard InChI is InChI=1S/C22H15F3N6O/c1-11-7-13-18(24)16(8-14(23)20(13)28-11)32-22-19(25)21(26-10-27-22)29-17-9-15(30-31-17)12-5-3-2-4-6-12/h2-10,28H,1H3,(H2,26,27,29,30,31). The SMILES string of the molecule is Cc1cc2c(F)c(Oc3ncnc(Nc4cc(-c5ccccc5)[nH]n4)c3F)cc(F)c2[nH]1. The highest BCUT2D eigenvalue weighted by Crippen LogP contribution is 2.34. The number of rotatable bonds is 5. The molecule has 3 N–H and O–H groups in total. The molecule has 3 heterocycles. The molecule has 3 aromatic heterocycles. The van der Waals surface area contributed by atoms with Crippen LogP contribution in [0.4, 0.5) is 24.8 Å². The fraction of sp³-hybridized carbons (Fsp3) is 0.0455. The first kappa shape index (κ1) is 19.6. The summed E-state index contributed by atoms with van der Waals surface area (Å²) in [5.74, 6) is -3.55. The fourth-order valence-corrected chi connectivity index (χ4v) is 3.30. The van der Waals surface area contributed by atoms with Crippen LogP contribution in [0.1, 0.15) is 5.69 Å². The van der Waals surface area contributed by atoms with E-state index in [1.165, 1.54) is 6.07 Å². The number of halogens is 3. The monoisotopic (exact) mass is 436 g/mol. The number of aromatic amines is 2. The minimum Gasteiger partial charge on any atom is -0.433 e. The summed E-state index contributed by atoms with van der Waals surface area (Å²) >= 11 is 0. The minimum absolute atomic E-state index is 0.00437. The van der Waals surface area contributed by atoms with Crippen molar-refractivity contribution in [3.63, 3.8) is 0 Å². The Balaban J connectivity index is 1.43. The quantitative estimate of drug-likeness (QED) is 0.333. The van der Waals surface area contributed by atoms with Crippen LogP contribution in [0.15, 0.2) is 54.9 Å². The first-order valence-corrected chi connectivity index (χ1v) is 9.53. The maximum atomic E-state index is 15.0. The van der Waals surface area contributed by atoms with Crippen LogP contribution in [-0.4, -0.2) is 25.1 Å². The summed E-state index contributed by atoms with van der Waals surface area (Å²) in [5, 5.41) is 9.65. The zero-order valence-corrected chi connectivity index (χ0v) is 16.6. The Hall–Kier alpha value is -4.34. The van der Waals surface area contributed by atoms with Gasteiger partial charge in [-0.15, -0.1) is 0 Å². The number of aromatic nitrogens is 5. The van der Waals surface area contributed by atoms with E-state index in [2.05, 4.69) is 30.5 Å². The lowest BCUT2D eigenvalue weighted by atomic mass is 10.2. The lowest BCUT2D eigenvalue weighted by Gasteiger charge is -2.10. The van der Waals surface area contributed by atoms with Crippen molar-refractivity contribution >= 4 is 22.5 Å². The van der Waals surface area contributed by atoms with E-state index in [0.29, 0.717) is 17.2 Å². The molecule has 0 radical (unpaired) electrons. The highest BCUT2D eigenvalue weighted by Gasteiger charge is 2.20. The summed E-state index contributed by atoms with van der Waals surface area (Å²) in [4.78, 5) is 10.3. The first-order valence-electron chi connectivity index (χ1n) is 9.53. The average molecular weight is 436 g/mol. The van der Waals surface area contributed by atoms with Crippen LogP contribution in [-0.2, 0) is 0 Å². The van der Waals surface area contributed by atoms with Gasteiger partial charge in [0.05, 0.1) is 11.2 Å². The molecule has 0 unspecified atom stereocenters. The highest BCUT2D eigenvalue weighted by molar-refractivity contribution is 5.83. The molecule has 2 aromatic carbocycles. The lowest BCUT2D eigenvalue weighted by Crippen LogP contribution is -2.02. The Morgan fingerprint density at radius 3 is 2.59 bits per heavy atom. The summed E-state index contributed by atoms with van der Waals surface area (Å²) in [5.41, 5.74) is 2.19. The molecule has 0 saturated carbocycles. The van der Waals surface area contributed by atoms with Crippen molar-refractivity contribution in [2.24, 2.45) is 0 Å². The number of anilines is 2. The second-order valence-electron chi connectivity index (χ2n) is 7.01. The van der Waals surface area contributed by atoms with Gasteiger partial charge in [0, 0.05) is 23.2 Å². The molecule has 5 aromatic rings. The number of hydrogen-bond donors (Lipinski definition) is 3. The molecular formula is C22H15F3N6O. The van der Waals surface area contributed by atoms with Gasteiger partial charge < -0.3 is 15.0 Å². The molecule has 0 bridgehead atoms. The van der Waals surface area contributed by atoms with E-state index in [-0.39, 0.29) is 16.7 Å². The number of fused-ring (bicyclic) bond motifs is 1. The van der Waals surface area contributed by atoms with Crippen molar-refractivity contribution in [1.29, 1.82) is 0 Å². The third-order valence-corrected chi connectivity index (χ3v) is 4.78. The number of nitrogens with zero attached hydrogens (tertiary/aromatic N) is 3. The summed E-state index contributed by atoms with van der Waals surface area (Å²) in [6.45, 7) is 1.67. The molecule has 10 heteroatoms. The molecule has 32 heavy (non-hydrogen) atoms. The van der Waals surface area contributed by atoms with Crippen molar-refractivity contribution in [2.75, 3.05) is 5.32 Å². The fourth-order valence-electron chi connectivity index (χ4n) is 3.30. The Morgan fingerprint density at radius 2 is 1.78 bits per heavy atom. The Bertz CT molecular complexity index is 1430. The van der Waals surface area contributed by atoms with Crippen molar-refractivity contribution in [3.05, 3.63) is 78.0 Å². The maximum absolute atomic E-state index is 15.0. The van der Waals surface area contributed by atoms with Gasteiger partial charge in [-0.2, -0.15) is 14.5 Å². The summed E-state index contributed by atoms with van der Waals surface area (Å²) < 4.78 is 49.3. The van der Waals surface area contributed by atoms with Crippen LogP contribution < -0.4 is 10.1 Å². The second-order valence-corrected chi connectivity index (χ2v) is 7.01. The van der Waals surface area contributed by atoms with Gasteiger partial charge >= 0.3 is 0 Å². The average Bonchev–Trinajstić information content (AvgIpc) is 3.42. The van der Waals surface area contributed by atoms with Gasteiger partial charge in [-0.25, -0.2) is 13.8 Å². The smallest absolute Gasteiger partial charge is 0.261 e.